The SMILES string of the molecule is CCN(CC)Cc1cccc(COc2c(C)cccc2C)c1. The zero-order valence-corrected chi connectivity index (χ0v) is 14.2. The summed E-state index contributed by atoms with van der Waals surface area (Å²) in [6.45, 7) is 12.4. The number of nitrogens with zero attached hydrogens (tertiary/aromatic N) is 1. The molecule has 0 aliphatic rings. The Bertz CT molecular complexity index is 582. The van der Waals surface area contributed by atoms with Crippen molar-refractivity contribution in [1.82, 2.24) is 4.90 Å². The molecule has 0 spiro atoms. The highest BCUT2D eigenvalue weighted by Crippen LogP contribution is 2.23. The molecule has 118 valence electrons. The summed E-state index contributed by atoms with van der Waals surface area (Å²) in [6, 6.07) is 15.0. The Balaban J connectivity index is 2.04. The summed E-state index contributed by atoms with van der Waals surface area (Å²) in [5, 5.41) is 0. The van der Waals surface area contributed by atoms with Crippen molar-refractivity contribution in [2.75, 3.05) is 13.1 Å². The molecule has 2 nitrogen and oxygen atoms in total. The van der Waals surface area contributed by atoms with Gasteiger partial charge < -0.3 is 4.74 Å². The topological polar surface area (TPSA) is 12.5 Å². The van der Waals surface area contributed by atoms with Crippen LogP contribution in [0.15, 0.2) is 42.5 Å². The van der Waals surface area contributed by atoms with Gasteiger partial charge in [-0.15, -0.1) is 0 Å². The monoisotopic (exact) mass is 297 g/mol. The lowest BCUT2D eigenvalue weighted by Gasteiger charge is -2.18. The molecular formula is C20H27NO. The van der Waals surface area contributed by atoms with E-state index in [9.17, 15) is 0 Å². The largest absolute Gasteiger partial charge is 0.488 e. The lowest BCUT2D eigenvalue weighted by atomic mass is 10.1. The highest BCUT2D eigenvalue weighted by atomic mass is 16.5. The van der Waals surface area contributed by atoms with Gasteiger partial charge in [0, 0.05) is 6.54 Å². The third-order valence-corrected chi connectivity index (χ3v) is 4.08. The Morgan fingerprint density at radius 1 is 0.864 bits per heavy atom. The standard InChI is InChI=1S/C20H27NO/c1-5-21(6-2)14-18-11-8-12-19(13-18)15-22-20-16(3)9-7-10-17(20)4/h7-13H,5-6,14-15H2,1-4H3. The normalized spacial score (nSPS) is 11.0. The highest BCUT2D eigenvalue weighted by molar-refractivity contribution is 5.40. The first-order chi connectivity index (χ1) is 10.6. The summed E-state index contributed by atoms with van der Waals surface area (Å²) in [5.41, 5.74) is 4.97. The van der Waals surface area contributed by atoms with Crippen molar-refractivity contribution < 1.29 is 4.74 Å². The molecule has 0 aliphatic heterocycles. The predicted octanol–water partition coefficient (Wildman–Crippen LogP) is 4.72. The molecule has 0 aliphatic carbocycles. The molecule has 0 saturated carbocycles. The Kier molecular flexibility index (Phi) is 6.02. The zero-order valence-electron chi connectivity index (χ0n) is 14.2. The first-order valence-electron chi connectivity index (χ1n) is 8.13. The second-order valence-corrected chi connectivity index (χ2v) is 5.79. The van der Waals surface area contributed by atoms with Gasteiger partial charge in [0.1, 0.15) is 12.4 Å². The van der Waals surface area contributed by atoms with Crippen molar-refractivity contribution in [1.29, 1.82) is 0 Å². The molecule has 0 amide bonds. The van der Waals surface area contributed by atoms with Gasteiger partial charge in [-0.1, -0.05) is 56.3 Å². The quantitative estimate of drug-likeness (QED) is 0.733. The predicted molar refractivity (Wildman–Crippen MR) is 93.3 cm³/mol. The van der Waals surface area contributed by atoms with Crippen LogP contribution in [-0.4, -0.2) is 18.0 Å². The first-order valence-corrected chi connectivity index (χ1v) is 8.13. The van der Waals surface area contributed by atoms with Gasteiger partial charge in [0.2, 0.25) is 0 Å². The van der Waals surface area contributed by atoms with Crippen molar-refractivity contribution in [2.24, 2.45) is 0 Å². The summed E-state index contributed by atoms with van der Waals surface area (Å²) in [4.78, 5) is 2.42. The molecule has 0 radical (unpaired) electrons. The number of aryl methyl sites for hydroxylation is 2. The molecule has 0 fully saturated rings. The summed E-state index contributed by atoms with van der Waals surface area (Å²) >= 11 is 0. The fourth-order valence-electron chi connectivity index (χ4n) is 2.71. The van der Waals surface area contributed by atoms with Crippen LogP contribution in [0.25, 0.3) is 0 Å². The van der Waals surface area contributed by atoms with Gasteiger partial charge in [0.25, 0.3) is 0 Å². The van der Waals surface area contributed by atoms with Gasteiger partial charge in [0.15, 0.2) is 0 Å². The summed E-state index contributed by atoms with van der Waals surface area (Å²) < 4.78 is 6.05. The first kappa shape index (κ1) is 16.6. The smallest absolute Gasteiger partial charge is 0.125 e. The minimum atomic E-state index is 0.623. The average molecular weight is 297 g/mol. The summed E-state index contributed by atoms with van der Waals surface area (Å²) in [6.07, 6.45) is 0. The lowest BCUT2D eigenvalue weighted by molar-refractivity contribution is 0.292. The van der Waals surface area contributed by atoms with Crippen LogP contribution in [0.4, 0.5) is 0 Å². The van der Waals surface area contributed by atoms with Crippen LogP contribution in [-0.2, 0) is 13.2 Å². The lowest BCUT2D eigenvalue weighted by Crippen LogP contribution is -2.22. The van der Waals surface area contributed by atoms with E-state index >= 15 is 0 Å². The van der Waals surface area contributed by atoms with Crippen molar-refractivity contribution in [3.8, 4) is 5.75 Å². The number of hydrogen-bond acceptors (Lipinski definition) is 2. The van der Waals surface area contributed by atoms with E-state index in [1.165, 1.54) is 22.3 Å². The number of hydrogen-bond donors (Lipinski definition) is 0. The van der Waals surface area contributed by atoms with E-state index in [1.807, 2.05) is 0 Å². The van der Waals surface area contributed by atoms with Gasteiger partial charge in [-0.05, 0) is 49.2 Å². The molecule has 2 aromatic rings. The highest BCUT2D eigenvalue weighted by Gasteiger charge is 2.05. The maximum Gasteiger partial charge on any atom is 0.125 e. The van der Waals surface area contributed by atoms with Crippen molar-refractivity contribution in [2.45, 2.75) is 40.8 Å². The van der Waals surface area contributed by atoms with Gasteiger partial charge in [-0.3, -0.25) is 4.90 Å². The van der Waals surface area contributed by atoms with Crippen molar-refractivity contribution >= 4 is 0 Å². The Hall–Kier alpha value is -1.80. The van der Waals surface area contributed by atoms with Crippen LogP contribution in [0.1, 0.15) is 36.1 Å². The van der Waals surface area contributed by atoms with E-state index < -0.39 is 0 Å². The van der Waals surface area contributed by atoms with Crippen LogP contribution in [0.3, 0.4) is 0 Å². The Morgan fingerprint density at radius 2 is 1.45 bits per heavy atom. The molecule has 0 atom stereocenters. The summed E-state index contributed by atoms with van der Waals surface area (Å²) in [5.74, 6) is 1.01. The van der Waals surface area contributed by atoms with Gasteiger partial charge in [0.05, 0.1) is 0 Å². The third-order valence-electron chi connectivity index (χ3n) is 4.08. The van der Waals surface area contributed by atoms with Crippen LogP contribution >= 0.6 is 0 Å². The van der Waals surface area contributed by atoms with Gasteiger partial charge in [-0.25, -0.2) is 0 Å². The molecule has 2 rings (SSSR count). The van der Waals surface area contributed by atoms with Crippen LogP contribution in [0.5, 0.6) is 5.75 Å². The maximum atomic E-state index is 6.05. The maximum absolute atomic E-state index is 6.05. The van der Waals surface area contributed by atoms with Crippen LogP contribution in [0.2, 0.25) is 0 Å². The van der Waals surface area contributed by atoms with Gasteiger partial charge in [-0.2, -0.15) is 0 Å². The second-order valence-electron chi connectivity index (χ2n) is 5.79. The average Bonchev–Trinajstić information content (AvgIpc) is 2.52. The molecular weight excluding hydrogens is 270 g/mol. The van der Waals surface area contributed by atoms with E-state index in [0.29, 0.717) is 6.61 Å². The molecule has 2 heteroatoms. The fourth-order valence-corrected chi connectivity index (χ4v) is 2.71. The molecule has 0 bridgehead atoms. The molecule has 0 unspecified atom stereocenters. The number of rotatable bonds is 7. The number of para-hydroxylation sites is 1. The van der Waals surface area contributed by atoms with Crippen LogP contribution < -0.4 is 4.74 Å². The fraction of sp³-hybridized carbons (Fsp3) is 0.400. The van der Waals surface area contributed by atoms with Crippen LogP contribution in [0, 0.1) is 13.8 Å². The second kappa shape index (κ2) is 8.00. The molecule has 0 N–H and O–H groups in total. The zero-order chi connectivity index (χ0) is 15.9. The third kappa shape index (κ3) is 4.35. The van der Waals surface area contributed by atoms with E-state index in [2.05, 4.69) is 75.1 Å². The van der Waals surface area contributed by atoms with E-state index in [-0.39, 0.29) is 0 Å². The number of benzene rings is 2. The molecule has 22 heavy (non-hydrogen) atoms. The Morgan fingerprint density at radius 3 is 2.09 bits per heavy atom. The molecule has 2 aromatic carbocycles. The van der Waals surface area contributed by atoms with E-state index in [1.54, 1.807) is 0 Å². The molecule has 0 heterocycles. The molecule has 0 aromatic heterocycles. The van der Waals surface area contributed by atoms with Gasteiger partial charge >= 0.3 is 0 Å². The number of ether oxygens (including phenoxy) is 1. The summed E-state index contributed by atoms with van der Waals surface area (Å²) in [7, 11) is 0. The van der Waals surface area contributed by atoms with E-state index in [4.69, 9.17) is 4.74 Å². The van der Waals surface area contributed by atoms with Crippen molar-refractivity contribution in [3.63, 3.8) is 0 Å². The molecule has 0 saturated heterocycles. The minimum absolute atomic E-state index is 0.623. The minimum Gasteiger partial charge on any atom is -0.488 e. The Labute approximate surface area is 134 Å². The van der Waals surface area contributed by atoms with E-state index in [0.717, 1.165) is 25.4 Å². The van der Waals surface area contributed by atoms with Crippen molar-refractivity contribution in [3.05, 3.63) is 64.7 Å².